The third-order valence-electron chi connectivity index (χ3n) is 0.962. The van der Waals surface area contributed by atoms with E-state index in [9.17, 15) is 0 Å². The lowest BCUT2D eigenvalue weighted by molar-refractivity contribution is 1.06. The average molecular weight is 128 g/mol. The summed E-state index contributed by atoms with van der Waals surface area (Å²) in [5, 5.41) is 6.90. The number of aromatic amines is 1. The summed E-state index contributed by atoms with van der Waals surface area (Å²) in [6.07, 6.45) is 0. The molecule has 0 saturated carbocycles. The molecule has 0 fully saturated rings. The van der Waals surface area contributed by atoms with E-state index in [-0.39, 0.29) is 0 Å². The first-order valence-electron chi connectivity index (χ1n) is 2.52. The second-order valence-corrected chi connectivity index (χ2v) is 2.70. The van der Waals surface area contributed by atoms with Crippen LogP contribution in [0.25, 0.3) is 0 Å². The molecule has 8 heavy (non-hydrogen) atoms. The van der Waals surface area contributed by atoms with Crippen molar-refractivity contribution in [3.8, 4) is 0 Å². The van der Waals surface area contributed by atoms with Gasteiger partial charge in [-0.25, -0.2) is 0 Å². The second kappa shape index (κ2) is 2.27. The summed E-state index contributed by atoms with van der Waals surface area (Å²) in [7, 11) is 0.809. The largest absolute Gasteiger partial charge is 0.282 e. The number of aryl methyl sites for hydroxylation is 1. The Bertz CT molecular complexity index is 171. The number of aromatic nitrogens is 2. The molecule has 0 bridgehead atoms. The minimum atomic E-state index is 0.809. The van der Waals surface area contributed by atoms with E-state index in [1.54, 1.807) is 0 Å². The lowest BCUT2D eigenvalue weighted by atomic mass is 10.5. The van der Waals surface area contributed by atoms with Crippen LogP contribution in [0.15, 0.2) is 6.07 Å². The van der Waals surface area contributed by atoms with E-state index in [0.29, 0.717) is 0 Å². The fourth-order valence-corrected chi connectivity index (χ4v) is 1.07. The molecule has 44 valence electrons. The van der Waals surface area contributed by atoms with Crippen molar-refractivity contribution in [2.45, 2.75) is 6.92 Å². The highest BCUT2D eigenvalue weighted by Crippen LogP contribution is 2.00. The van der Waals surface area contributed by atoms with Crippen molar-refractivity contribution in [1.29, 1.82) is 0 Å². The van der Waals surface area contributed by atoms with Gasteiger partial charge in [-0.3, -0.25) is 5.10 Å². The Balaban J connectivity index is 2.84. The van der Waals surface area contributed by atoms with E-state index in [1.165, 1.54) is 5.44 Å². The predicted molar refractivity (Wildman–Crippen MR) is 37.2 cm³/mol. The second-order valence-electron chi connectivity index (χ2n) is 1.69. The van der Waals surface area contributed by atoms with Crippen LogP contribution in [0.1, 0.15) is 5.69 Å². The summed E-state index contributed by atoms with van der Waals surface area (Å²) >= 11 is 0. The molecule has 0 spiro atoms. The van der Waals surface area contributed by atoms with Gasteiger partial charge in [-0.2, -0.15) is 5.10 Å². The molecule has 1 heterocycles. The van der Waals surface area contributed by atoms with Gasteiger partial charge in [0.1, 0.15) is 0 Å². The van der Waals surface area contributed by atoms with Gasteiger partial charge in [-0.1, -0.05) is 8.58 Å². The summed E-state index contributed by atoms with van der Waals surface area (Å²) in [5.74, 6) is 0. The van der Waals surface area contributed by atoms with Gasteiger partial charge in [0.2, 0.25) is 0 Å². The van der Waals surface area contributed by atoms with Gasteiger partial charge in [0, 0.05) is 5.69 Å². The molecule has 0 aliphatic rings. The van der Waals surface area contributed by atoms with Crippen LogP contribution in [0.3, 0.4) is 0 Å². The molecule has 1 aromatic rings. The maximum atomic E-state index is 4.02. The first-order chi connectivity index (χ1) is 3.83. The Morgan fingerprint density at radius 1 is 1.75 bits per heavy atom. The normalized spacial score (nSPS) is 11.2. The van der Waals surface area contributed by atoms with Crippen molar-refractivity contribution in [3.05, 3.63) is 11.8 Å². The number of rotatable bonds is 1. The topological polar surface area (TPSA) is 28.7 Å². The molecule has 0 radical (unpaired) electrons. The first-order valence-corrected chi connectivity index (χ1v) is 4.02. The molecular weight excluding hydrogens is 119 g/mol. The van der Waals surface area contributed by atoms with Crippen molar-refractivity contribution >= 4 is 14.0 Å². The van der Waals surface area contributed by atoms with Gasteiger partial charge >= 0.3 is 0 Å². The SMILES string of the molecule is CPc1cc(C)[nH]n1. The quantitative estimate of drug-likeness (QED) is 0.553. The van der Waals surface area contributed by atoms with Crippen LogP contribution < -0.4 is 5.44 Å². The van der Waals surface area contributed by atoms with E-state index < -0.39 is 0 Å². The molecule has 1 atom stereocenters. The number of H-pyrrole nitrogens is 1. The molecule has 1 unspecified atom stereocenters. The maximum absolute atomic E-state index is 4.02. The van der Waals surface area contributed by atoms with Crippen LogP contribution in [0.2, 0.25) is 0 Å². The monoisotopic (exact) mass is 128 g/mol. The third-order valence-corrected chi connectivity index (χ3v) is 1.73. The number of hydrogen-bond donors (Lipinski definition) is 1. The Kier molecular flexibility index (Phi) is 1.64. The van der Waals surface area contributed by atoms with Crippen LogP contribution in [0.5, 0.6) is 0 Å². The Hall–Kier alpha value is -0.360. The van der Waals surface area contributed by atoms with Crippen molar-refractivity contribution < 1.29 is 0 Å². The van der Waals surface area contributed by atoms with Gasteiger partial charge in [0.15, 0.2) is 0 Å². The Labute approximate surface area is 50.5 Å². The van der Waals surface area contributed by atoms with Crippen LogP contribution in [-0.2, 0) is 0 Å². The molecule has 0 aliphatic carbocycles. The smallest absolute Gasteiger partial charge is 0.0817 e. The van der Waals surface area contributed by atoms with Gasteiger partial charge in [-0.05, 0) is 19.7 Å². The van der Waals surface area contributed by atoms with Crippen LogP contribution in [0, 0.1) is 6.92 Å². The minimum absolute atomic E-state index is 0.809. The molecule has 0 aromatic carbocycles. The van der Waals surface area contributed by atoms with E-state index >= 15 is 0 Å². The molecule has 0 aliphatic heterocycles. The highest BCUT2D eigenvalue weighted by Gasteiger charge is 1.89. The molecule has 1 rings (SSSR count). The van der Waals surface area contributed by atoms with Gasteiger partial charge in [0.05, 0.1) is 5.44 Å². The zero-order chi connectivity index (χ0) is 5.98. The highest BCUT2D eigenvalue weighted by atomic mass is 31.1. The lowest BCUT2D eigenvalue weighted by Gasteiger charge is -1.78. The predicted octanol–water partition coefficient (Wildman–Crippen LogP) is 0.652. The summed E-state index contributed by atoms with van der Waals surface area (Å²) < 4.78 is 0. The fourth-order valence-electron chi connectivity index (χ4n) is 0.546. The van der Waals surface area contributed by atoms with Crippen LogP contribution in [-0.4, -0.2) is 16.9 Å². The van der Waals surface area contributed by atoms with E-state index in [4.69, 9.17) is 0 Å². The summed E-state index contributed by atoms with van der Waals surface area (Å²) in [6.45, 7) is 4.13. The molecular formula is C5H9N2P. The molecule has 0 amide bonds. The zero-order valence-corrected chi connectivity index (χ0v) is 6.02. The molecule has 1 aromatic heterocycles. The first kappa shape index (κ1) is 5.77. The van der Waals surface area contributed by atoms with Crippen LogP contribution >= 0.6 is 8.58 Å². The molecule has 2 nitrogen and oxygen atoms in total. The summed E-state index contributed by atoms with van der Waals surface area (Å²) in [4.78, 5) is 0. The van der Waals surface area contributed by atoms with E-state index in [1.807, 2.05) is 6.92 Å². The van der Waals surface area contributed by atoms with Crippen molar-refractivity contribution in [2.75, 3.05) is 6.66 Å². The number of nitrogens with zero attached hydrogens (tertiary/aromatic N) is 1. The third kappa shape index (κ3) is 1.07. The standard InChI is InChI=1S/C5H9N2P/c1-4-3-5(8-2)7-6-4/h3,8H,1-2H3,(H,6,7). The van der Waals surface area contributed by atoms with Crippen LogP contribution in [0.4, 0.5) is 0 Å². The molecule has 1 N–H and O–H groups in total. The van der Waals surface area contributed by atoms with E-state index in [2.05, 4.69) is 22.9 Å². The van der Waals surface area contributed by atoms with Gasteiger partial charge < -0.3 is 0 Å². The summed E-state index contributed by atoms with van der Waals surface area (Å²) in [5.41, 5.74) is 2.32. The van der Waals surface area contributed by atoms with Crippen molar-refractivity contribution in [3.63, 3.8) is 0 Å². The maximum Gasteiger partial charge on any atom is 0.0817 e. The van der Waals surface area contributed by atoms with Gasteiger partial charge in [0.25, 0.3) is 0 Å². The van der Waals surface area contributed by atoms with Crippen molar-refractivity contribution in [2.24, 2.45) is 0 Å². The number of nitrogens with one attached hydrogen (secondary N) is 1. The van der Waals surface area contributed by atoms with Gasteiger partial charge in [-0.15, -0.1) is 0 Å². The summed E-state index contributed by atoms with van der Waals surface area (Å²) in [6, 6.07) is 2.07. The Morgan fingerprint density at radius 3 is 2.75 bits per heavy atom. The average Bonchev–Trinajstić information content (AvgIpc) is 2.14. The Morgan fingerprint density at radius 2 is 2.50 bits per heavy atom. The zero-order valence-electron chi connectivity index (χ0n) is 5.02. The fraction of sp³-hybridized carbons (Fsp3) is 0.400. The lowest BCUT2D eigenvalue weighted by Crippen LogP contribution is -1.90. The number of hydrogen-bond acceptors (Lipinski definition) is 1. The molecule has 3 heteroatoms. The highest BCUT2D eigenvalue weighted by molar-refractivity contribution is 7.45. The van der Waals surface area contributed by atoms with E-state index in [0.717, 1.165) is 14.3 Å². The van der Waals surface area contributed by atoms with Crippen molar-refractivity contribution in [1.82, 2.24) is 10.2 Å². The minimum Gasteiger partial charge on any atom is -0.282 e. The molecule has 0 saturated heterocycles.